The van der Waals surface area contributed by atoms with E-state index < -0.39 is 96.1 Å². The van der Waals surface area contributed by atoms with Crippen molar-refractivity contribution in [3.8, 4) is 40.1 Å². The van der Waals surface area contributed by atoms with Gasteiger partial charge in [-0.1, -0.05) is 0 Å². The molecular formula is C28H32O16. The van der Waals surface area contributed by atoms with E-state index in [1.807, 2.05) is 0 Å². The lowest BCUT2D eigenvalue weighted by Crippen LogP contribution is -2.61. The van der Waals surface area contributed by atoms with Crippen LogP contribution in [-0.4, -0.2) is 121 Å². The first-order valence-electron chi connectivity index (χ1n) is 13.4. The molecule has 0 unspecified atom stereocenters. The van der Waals surface area contributed by atoms with Gasteiger partial charge in [0, 0.05) is 17.7 Å². The van der Waals surface area contributed by atoms with E-state index in [0.717, 1.165) is 12.1 Å². The minimum Gasteiger partial charge on any atom is -0.508 e. The monoisotopic (exact) mass is 624 g/mol. The van der Waals surface area contributed by atoms with Gasteiger partial charge in [0.25, 0.3) is 0 Å². The second kappa shape index (κ2) is 12.4. The van der Waals surface area contributed by atoms with Crippen molar-refractivity contribution in [1.82, 2.24) is 0 Å². The molecule has 5 rings (SSSR count). The SMILES string of the molecule is COc1cc(-c2oc3cc(O)cc(O)c3c(=O)c2O[C@@H]2O[C@H](CO[C@@H]3O[C@@H](C)[C@H](O)[C@@H](O)[C@H]3O)[C@H](O)[C@H](O)[C@H]2O)ccc1O. The van der Waals surface area contributed by atoms with Gasteiger partial charge in [0.1, 0.15) is 65.2 Å². The van der Waals surface area contributed by atoms with Crippen molar-refractivity contribution in [2.45, 2.75) is 68.3 Å². The van der Waals surface area contributed by atoms with Crippen LogP contribution in [-0.2, 0) is 14.2 Å². The third kappa shape index (κ3) is 5.74. The number of hydrogen-bond acceptors (Lipinski definition) is 16. The van der Waals surface area contributed by atoms with Crippen molar-refractivity contribution < 1.29 is 74.1 Å². The Morgan fingerprint density at radius 3 is 2.18 bits per heavy atom. The molecule has 0 bridgehead atoms. The summed E-state index contributed by atoms with van der Waals surface area (Å²) in [6.07, 6.45) is -16.0. The highest BCUT2D eigenvalue weighted by molar-refractivity contribution is 5.88. The number of methoxy groups -OCH3 is 1. The number of phenols is 3. The first-order valence-corrected chi connectivity index (χ1v) is 13.4. The molecule has 0 aliphatic carbocycles. The van der Waals surface area contributed by atoms with Crippen LogP contribution in [0.25, 0.3) is 22.3 Å². The van der Waals surface area contributed by atoms with Gasteiger partial charge in [-0.05, 0) is 25.1 Å². The molecule has 1 aromatic heterocycles. The van der Waals surface area contributed by atoms with Crippen LogP contribution in [0.5, 0.6) is 28.7 Å². The lowest BCUT2D eigenvalue weighted by atomic mass is 9.98. The fraction of sp³-hybridized carbons (Fsp3) is 0.464. The highest BCUT2D eigenvalue weighted by Gasteiger charge is 2.47. The maximum Gasteiger partial charge on any atom is 0.239 e. The van der Waals surface area contributed by atoms with Crippen LogP contribution >= 0.6 is 0 Å². The zero-order valence-electron chi connectivity index (χ0n) is 23.3. The van der Waals surface area contributed by atoms with E-state index in [-0.39, 0.29) is 28.4 Å². The van der Waals surface area contributed by atoms with Crippen LogP contribution in [0.4, 0.5) is 0 Å². The summed E-state index contributed by atoms with van der Waals surface area (Å²) in [4.78, 5) is 13.7. The van der Waals surface area contributed by atoms with Crippen molar-refractivity contribution >= 4 is 11.0 Å². The van der Waals surface area contributed by atoms with Gasteiger partial charge in [0.05, 0.1) is 19.8 Å². The Morgan fingerprint density at radius 2 is 1.48 bits per heavy atom. The molecular weight excluding hydrogens is 592 g/mol. The number of aliphatic hydroxyl groups is 6. The van der Waals surface area contributed by atoms with Gasteiger partial charge >= 0.3 is 0 Å². The van der Waals surface area contributed by atoms with Gasteiger partial charge in [-0.25, -0.2) is 0 Å². The van der Waals surface area contributed by atoms with Crippen LogP contribution < -0.4 is 14.9 Å². The standard InChI is InChI=1S/C28H32O16/c1-9-18(32)21(35)23(37)27(41-9)40-8-16-19(33)22(36)24(38)28(43-16)44-26-20(34)17-13(31)6-11(29)7-15(17)42-25(26)10-3-4-12(30)14(5-10)39-2/h3-7,9,16,18-19,21-24,27-33,35-38H,8H2,1-2H3/t9-,16+,18-,19-,21+,22-,23+,24+,27+,28-/m0/s1. The minimum atomic E-state index is -1.94. The molecule has 16 nitrogen and oxygen atoms in total. The number of benzene rings is 2. The van der Waals surface area contributed by atoms with Crippen molar-refractivity contribution in [2.75, 3.05) is 13.7 Å². The number of hydrogen-bond donors (Lipinski definition) is 9. The number of ether oxygens (including phenoxy) is 5. The summed E-state index contributed by atoms with van der Waals surface area (Å²) in [6.45, 7) is 0.845. The van der Waals surface area contributed by atoms with Crippen molar-refractivity contribution in [3.05, 3.63) is 40.6 Å². The van der Waals surface area contributed by atoms with E-state index in [9.17, 15) is 50.8 Å². The Morgan fingerprint density at radius 1 is 0.795 bits per heavy atom. The summed E-state index contributed by atoms with van der Waals surface area (Å²) in [7, 11) is 1.28. The van der Waals surface area contributed by atoms with Gasteiger partial charge in [-0.3, -0.25) is 4.79 Å². The summed E-state index contributed by atoms with van der Waals surface area (Å²) >= 11 is 0. The molecule has 0 saturated carbocycles. The van der Waals surface area contributed by atoms with Crippen molar-refractivity contribution in [3.63, 3.8) is 0 Å². The summed E-state index contributed by atoms with van der Waals surface area (Å²) in [5.41, 5.74) is -1.11. The molecule has 10 atom stereocenters. The molecule has 0 spiro atoms. The summed E-state index contributed by atoms with van der Waals surface area (Å²) in [6, 6.07) is 5.83. The third-order valence-electron chi connectivity index (χ3n) is 7.50. The number of fused-ring (bicyclic) bond motifs is 1. The van der Waals surface area contributed by atoms with Crippen LogP contribution in [0.2, 0.25) is 0 Å². The predicted octanol–water partition coefficient (Wildman–Crippen LogP) is -1.38. The normalized spacial score (nSPS) is 32.5. The van der Waals surface area contributed by atoms with Crippen molar-refractivity contribution in [1.29, 1.82) is 0 Å². The van der Waals surface area contributed by atoms with Gasteiger partial charge < -0.3 is 74.1 Å². The van der Waals surface area contributed by atoms with E-state index >= 15 is 0 Å². The van der Waals surface area contributed by atoms with Crippen molar-refractivity contribution in [2.24, 2.45) is 0 Å². The molecule has 0 radical (unpaired) electrons. The summed E-state index contributed by atoms with van der Waals surface area (Å²) < 4.78 is 33.2. The van der Waals surface area contributed by atoms with E-state index in [2.05, 4.69) is 0 Å². The zero-order chi connectivity index (χ0) is 32.0. The molecule has 9 N–H and O–H groups in total. The van der Waals surface area contributed by atoms with Crippen LogP contribution in [0, 0.1) is 0 Å². The Balaban J connectivity index is 1.49. The Kier molecular flexibility index (Phi) is 8.90. The number of aliphatic hydroxyl groups excluding tert-OH is 6. The van der Waals surface area contributed by atoms with Crippen LogP contribution in [0.15, 0.2) is 39.5 Å². The molecule has 2 saturated heterocycles. The largest absolute Gasteiger partial charge is 0.508 e. The second-order valence-corrected chi connectivity index (χ2v) is 10.5. The lowest BCUT2D eigenvalue weighted by molar-refractivity contribution is -0.318. The smallest absolute Gasteiger partial charge is 0.239 e. The van der Waals surface area contributed by atoms with E-state index in [1.165, 1.54) is 32.2 Å². The third-order valence-corrected chi connectivity index (χ3v) is 7.50. The average molecular weight is 625 g/mol. The van der Waals surface area contributed by atoms with Crippen LogP contribution in [0.1, 0.15) is 6.92 Å². The Hall–Kier alpha value is -3.71. The number of rotatable bonds is 7. The van der Waals surface area contributed by atoms with E-state index in [4.69, 9.17) is 28.1 Å². The molecule has 16 heteroatoms. The molecule has 240 valence electrons. The molecule has 2 aliphatic rings. The van der Waals surface area contributed by atoms with E-state index in [0.29, 0.717) is 0 Å². The van der Waals surface area contributed by atoms with Gasteiger partial charge in [-0.2, -0.15) is 0 Å². The lowest BCUT2D eigenvalue weighted by Gasteiger charge is -2.42. The molecule has 3 heterocycles. The second-order valence-electron chi connectivity index (χ2n) is 10.5. The van der Waals surface area contributed by atoms with Gasteiger partial charge in [0.15, 0.2) is 23.5 Å². The zero-order valence-corrected chi connectivity index (χ0v) is 23.3. The topological polar surface area (TPSA) is 258 Å². The minimum absolute atomic E-state index is 0.0151. The summed E-state index contributed by atoms with van der Waals surface area (Å²) in [5, 5.41) is 92.1. The Labute approximate surface area is 248 Å². The highest BCUT2D eigenvalue weighted by Crippen LogP contribution is 2.39. The maximum absolute atomic E-state index is 13.7. The number of aromatic hydroxyl groups is 3. The maximum atomic E-state index is 13.7. The molecule has 2 fully saturated rings. The van der Waals surface area contributed by atoms with Gasteiger partial charge in [0.2, 0.25) is 17.5 Å². The Bertz CT molecular complexity index is 1560. The molecule has 2 aromatic carbocycles. The van der Waals surface area contributed by atoms with Crippen LogP contribution in [0.3, 0.4) is 0 Å². The fourth-order valence-electron chi connectivity index (χ4n) is 4.99. The first-order chi connectivity index (χ1) is 20.8. The van der Waals surface area contributed by atoms with E-state index in [1.54, 1.807) is 0 Å². The molecule has 3 aromatic rings. The fourth-order valence-corrected chi connectivity index (χ4v) is 4.99. The molecule has 2 aliphatic heterocycles. The highest BCUT2D eigenvalue weighted by atomic mass is 16.7. The molecule has 0 amide bonds. The summed E-state index contributed by atoms with van der Waals surface area (Å²) in [5.74, 6) is -2.28. The van der Waals surface area contributed by atoms with Gasteiger partial charge in [-0.15, -0.1) is 0 Å². The molecule has 44 heavy (non-hydrogen) atoms. The average Bonchev–Trinajstić information content (AvgIpc) is 2.98. The predicted molar refractivity (Wildman–Crippen MR) is 145 cm³/mol. The number of phenolic OH excluding ortho intramolecular Hbond substituents is 3. The first kappa shape index (κ1) is 31.7. The quantitative estimate of drug-likeness (QED) is 0.147.